The van der Waals surface area contributed by atoms with E-state index in [4.69, 9.17) is 4.74 Å². The second-order valence-corrected chi connectivity index (χ2v) is 4.12. The highest BCUT2D eigenvalue weighted by Crippen LogP contribution is 2.24. The van der Waals surface area contributed by atoms with Crippen LogP contribution >= 0.6 is 12.4 Å². The molecule has 0 fully saturated rings. The van der Waals surface area contributed by atoms with Crippen molar-refractivity contribution in [1.82, 2.24) is 4.98 Å². The molecule has 1 aromatic carbocycles. The fourth-order valence-corrected chi connectivity index (χ4v) is 1.85. The summed E-state index contributed by atoms with van der Waals surface area (Å²) in [5.74, 6) is -0.755. The highest BCUT2D eigenvalue weighted by molar-refractivity contribution is 5.85. The molecule has 0 saturated heterocycles. The lowest BCUT2D eigenvalue weighted by atomic mass is 9.94. The first-order chi connectivity index (χ1) is 8.72. The summed E-state index contributed by atoms with van der Waals surface area (Å²) in [6.07, 6.45) is 1.68. The van der Waals surface area contributed by atoms with Crippen LogP contribution in [0.25, 0.3) is 0 Å². The average Bonchev–Trinajstić information content (AvgIpc) is 2.42. The van der Waals surface area contributed by atoms with Gasteiger partial charge in [-0.2, -0.15) is 0 Å². The first-order valence-electron chi connectivity index (χ1n) is 5.77. The molecule has 0 bridgehead atoms. The summed E-state index contributed by atoms with van der Waals surface area (Å²) in [5, 5.41) is 0. The zero-order valence-corrected chi connectivity index (χ0v) is 11.7. The van der Waals surface area contributed by atoms with Crippen LogP contribution in [0, 0.1) is 6.92 Å². The standard InChI is InChI=1S/C15H15NO2.ClH/c1-11-6-8-12(9-7-11)14(15(17)18-2)13-5-3-4-10-16-13;/h3-10,14H,1-2H3;1H. The van der Waals surface area contributed by atoms with E-state index in [0.29, 0.717) is 5.69 Å². The number of hydrogen-bond acceptors (Lipinski definition) is 3. The number of esters is 1. The Kier molecular flexibility index (Phi) is 5.52. The van der Waals surface area contributed by atoms with Crippen LogP contribution in [0.1, 0.15) is 22.7 Å². The van der Waals surface area contributed by atoms with Gasteiger partial charge in [0.05, 0.1) is 12.8 Å². The van der Waals surface area contributed by atoms with Crippen LogP contribution in [0.3, 0.4) is 0 Å². The summed E-state index contributed by atoms with van der Waals surface area (Å²) in [4.78, 5) is 16.2. The molecule has 19 heavy (non-hydrogen) atoms. The predicted octanol–water partition coefficient (Wildman–Crippen LogP) is 3.12. The number of ether oxygens (including phenoxy) is 1. The number of methoxy groups -OCH3 is 1. The Bertz CT molecular complexity index is 526. The smallest absolute Gasteiger partial charge is 0.319 e. The fourth-order valence-electron chi connectivity index (χ4n) is 1.85. The van der Waals surface area contributed by atoms with Gasteiger partial charge in [0.25, 0.3) is 0 Å². The lowest BCUT2D eigenvalue weighted by molar-refractivity contribution is -0.141. The Balaban J connectivity index is 0.00000180. The maximum atomic E-state index is 11.9. The van der Waals surface area contributed by atoms with Crippen molar-refractivity contribution in [3.63, 3.8) is 0 Å². The summed E-state index contributed by atoms with van der Waals surface area (Å²) in [7, 11) is 1.40. The number of halogens is 1. The molecule has 1 atom stereocenters. The van der Waals surface area contributed by atoms with Crippen LogP contribution in [0.4, 0.5) is 0 Å². The largest absolute Gasteiger partial charge is 0.468 e. The molecule has 1 unspecified atom stereocenters. The molecule has 4 heteroatoms. The van der Waals surface area contributed by atoms with Crippen molar-refractivity contribution < 1.29 is 9.53 Å². The fraction of sp³-hybridized carbons (Fsp3) is 0.200. The van der Waals surface area contributed by atoms with Gasteiger partial charge in [-0.3, -0.25) is 9.78 Å². The van der Waals surface area contributed by atoms with E-state index >= 15 is 0 Å². The van der Waals surface area contributed by atoms with E-state index in [9.17, 15) is 4.79 Å². The molecule has 0 radical (unpaired) electrons. The predicted molar refractivity (Wildman–Crippen MR) is 76.5 cm³/mol. The van der Waals surface area contributed by atoms with Crippen LogP contribution < -0.4 is 0 Å². The molecular weight excluding hydrogens is 262 g/mol. The Morgan fingerprint density at radius 1 is 1.16 bits per heavy atom. The number of hydrogen-bond donors (Lipinski definition) is 0. The van der Waals surface area contributed by atoms with Crippen LogP contribution in [0.2, 0.25) is 0 Å². The van der Waals surface area contributed by atoms with Crippen molar-refractivity contribution >= 4 is 18.4 Å². The number of aryl methyl sites for hydroxylation is 1. The summed E-state index contributed by atoms with van der Waals surface area (Å²) >= 11 is 0. The molecule has 0 amide bonds. The number of nitrogens with zero attached hydrogens (tertiary/aromatic N) is 1. The summed E-state index contributed by atoms with van der Waals surface area (Å²) in [6.45, 7) is 2.01. The number of pyridine rings is 1. The molecule has 0 aliphatic rings. The van der Waals surface area contributed by atoms with Gasteiger partial charge in [0.15, 0.2) is 0 Å². The zero-order valence-electron chi connectivity index (χ0n) is 10.9. The van der Waals surface area contributed by atoms with Crippen molar-refractivity contribution in [2.75, 3.05) is 7.11 Å². The van der Waals surface area contributed by atoms with E-state index in [-0.39, 0.29) is 18.4 Å². The first kappa shape index (κ1) is 15.2. The summed E-state index contributed by atoms with van der Waals surface area (Å²) in [5.41, 5.74) is 2.75. The van der Waals surface area contributed by atoms with Gasteiger partial charge in [-0.25, -0.2) is 0 Å². The van der Waals surface area contributed by atoms with Gasteiger partial charge >= 0.3 is 5.97 Å². The number of carbonyl (C=O) groups is 1. The van der Waals surface area contributed by atoms with Gasteiger partial charge in [0.1, 0.15) is 5.92 Å². The van der Waals surface area contributed by atoms with Gasteiger partial charge in [0.2, 0.25) is 0 Å². The van der Waals surface area contributed by atoms with Gasteiger partial charge in [-0.1, -0.05) is 35.9 Å². The molecule has 1 aromatic heterocycles. The summed E-state index contributed by atoms with van der Waals surface area (Å²) in [6, 6.07) is 13.4. The van der Waals surface area contributed by atoms with E-state index in [2.05, 4.69) is 4.98 Å². The van der Waals surface area contributed by atoms with Crippen molar-refractivity contribution in [3.8, 4) is 0 Å². The monoisotopic (exact) mass is 277 g/mol. The Morgan fingerprint density at radius 3 is 2.37 bits per heavy atom. The van der Waals surface area contributed by atoms with E-state index in [1.165, 1.54) is 7.11 Å². The third kappa shape index (κ3) is 3.55. The molecule has 2 rings (SSSR count). The molecule has 0 spiro atoms. The second kappa shape index (κ2) is 6.90. The zero-order chi connectivity index (χ0) is 13.0. The van der Waals surface area contributed by atoms with Crippen molar-refractivity contribution in [2.24, 2.45) is 0 Å². The molecule has 2 aromatic rings. The SMILES string of the molecule is COC(=O)C(c1ccc(C)cc1)c1ccccn1.Cl. The minimum Gasteiger partial charge on any atom is -0.468 e. The Morgan fingerprint density at radius 2 is 1.84 bits per heavy atom. The third-order valence-corrected chi connectivity index (χ3v) is 2.83. The van der Waals surface area contributed by atoms with Gasteiger partial charge in [0, 0.05) is 6.20 Å². The quantitative estimate of drug-likeness (QED) is 0.809. The van der Waals surface area contributed by atoms with Crippen LogP contribution in [-0.4, -0.2) is 18.1 Å². The molecule has 3 nitrogen and oxygen atoms in total. The number of benzene rings is 1. The number of carbonyl (C=O) groups excluding carboxylic acids is 1. The maximum Gasteiger partial charge on any atom is 0.319 e. The molecule has 100 valence electrons. The van der Waals surface area contributed by atoms with Crippen molar-refractivity contribution in [3.05, 3.63) is 65.5 Å². The van der Waals surface area contributed by atoms with Crippen molar-refractivity contribution in [1.29, 1.82) is 0 Å². The van der Waals surface area contributed by atoms with E-state index in [1.54, 1.807) is 6.20 Å². The van der Waals surface area contributed by atoms with Crippen LogP contribution in [-0.2, 0) is 9.53 Å². The van der Waals surface area contributed by atoms with E-state index in [1.807, 2.05) is 49.4 Å². The molecular formula is C15H16ClNO2. The molecule has 0 saturated carbocycles. The van der Waals surface area contributed by atoms with Crippen LogP contribution in [0.15, 0.2) is 48.7 Å². The lowest BCUT2D eigenvalue weighted by Crippen LogP contribution is -2.16. The topological polar surface area (TPSA) is 39.2 Å². The van der Waals surface area contributed by atoms with E-state index < -0.39 is 5.92 Å². The first-order valence-corrected chi connectivity index (χ1v) is 5.77. The average molecular weight is 278 g/mol. The Labute approximate surface area is 119 Å². The van der Waals surface area contributed by atoms with Crippen LogP contribution in [0.5, 0.6) is 0 Å². The Hall–Kier alpha value is -1.87. The highest BCUT2D eigenvalue weighted by Gasteiger charge is 2.24. The molecule has 0 N–H and O–H groups in total. The van der Waals surface area contributed by atoms with Gasteiger partial charge in [-0.05, 0) is 24.6 Å². The second-order valence-electron chi connectivity index (χ2n) is 4.12. The van der Waals surface area contributed by atoms with E-state index in [0.717, 1.165) is 11.1 Å². The van der Waals surface area contributed by atoms with Crippen molar-refractivity contribution in [2.45, 2.75) is 12.8 Å². The van der Waals surface area contributed by atoms with Gasteiger partial charge in [-0.15, -0.1) is 12.4 Å². The number of rotatable bonds is 3. The minimum absolute atomic E-state index is 0. The normalized spacial score (nSPS) is 11.3. The highest BCUT2D eigenvalue weighted by atomic mass is 35.5. The minimum atomic E-state index is -0.461. The third-order valence-electron chi connectivity index (χ3n) is 2.83. The number of aromatic nitrogens is 1. The summed E-state index contributed by atoms with van der Waals surface area (Å²) < 4.78 is 4.87. The van der Waals surface area contributed by atoms with Gasteiger partial charge < -0.3 is 4.74 Å². The molecule has 0 aliphatic carbocycles. The molecule has 1 heterocycles. The lowest BCUT2D eigenvalue weighted by Gasteiger charge is -2.14. The molecule has 0 aliphatic heterocycles. The maximum absolute atomic E-state index is 11.9.